The lowest BCUT2D eigenvalue weighted by Crippen LogP contribution is -2.22. The zero-order valence-electron chi connectivity index (χ0n) is 11.4. The summed E-state index contributed by atoms with van der Waals surface area (Å²) in [4.78, 5) is 0. The largest absolute Gasteiger partial charge is 0.396 e. The lowest BCUT2D eigenvalue weighted by Gasteiger charge is -2.24. The Morgan fingerprint density at radius 3 is 3.23 bits per heavy atom. The quantitative estimate of drug-likeness (QED) is 0.512. The first kappa shape index (κ1) is 8.24. The Kier molecular flexibility index (Phi) is 4.64. The van der Waals surface area contributed by atoms with Crippen LogP contribution in [0.3, 0.4) is 0 Å². The Morgan fingerprint density at radius 1 is 1.92 bits per heavy atom. The monoisotopic (exact) mass is 208 g/mol. The number of hydrogen-bond acceptors (Lipinski definition) is 2. The van der Waals surface area contributed by atoms with Crippen LogP contribution in [0.4, 0.5) is 0 Å². The Bertz CT molecular complexity index is 240. The molecule has 0 aromatic heterocycles. The van der Waals surface area contributed by atoms with Crippen LogP contribution in [0.2, 0.25) is 0 Å². The first-order chi connectivity index (χ1) is 7.52. The van der Waals surface area contributed by atoms with E-state index < -0.39 is 8.15 Å². The topological polar surface area (TPSA) is 29.5 Å². The summed E-state index contributed by atoms with van der Waals surface area (Å²) in [5.41, 5.74) is 0. The van der Waals surface area contributed by atoms with Gasteiger partial charge >= 0.3 is 0 Å². The zero-order chi connectivity index (χ0) is 12.6. The van der Waals surface area contributed by atoms with E-state index in [4.69, 9.17) is 8.70 Å². The molecule has 0 fully saturated rings. The molecule has 0 spiro atoms. The fourth-order valence-electron chi connectivity index (χ4n) is 0.825. The smallest absolute Gasteiger partial charge is 0.210 e. The minimum Gasteiger partial charge on any atom is -0.396 e. The fraction of sp³-hybridized carbons (Fsp3) is 0.800. The molecule has 0 heterocycles. The van der Waals surface area contributed by atoms with Crippen LogP contribution >= 0.6 is 8.15 Å². The molecule has 76 valence electrons. The third kappa shape index (κ3) is 5.26. The van der Waals surface area contributed by atoms with E-state index >= 15 is 0 Å². The van der Waals surface area contributed by atoms with Crippen molar-refractivity contribution in [2.75, 3.05) is 19.4 Å². The van der Waals surface area contributed by atoms with Gasteiger partial charge in [0.15, 0.2) is 0 Å². The van der Waals surface area contributed by atoms with Crippen LogP contribution in [0, 0.1) is 18.2 Å². The molecule has 3 heteroatoms. The molecule has 3 unspecified atom stereocenters. The van der Waals surface area contributed by atoms with Gasteiger partial charge in [-0.05, 0) is 12.8 Å². The molecule has 0 saturated carbocycles. The van der Waals surface area contributed by atoms with Crippen LogP contribution in [0.5, 0.6) is 0 Å². The molecule has 0 aliphatic heterocycles. The SMILES string of the molecule is [3H]C#CCC(OP(C)C([3H])C)[C@@H](C)CO[3H]. The van der Waals surface area contributed by atoms with Crippen molar-refractivity contribution in [2.45, 2.75) is 26.4 Å². The Labute approximate surface area is 86.8 Å². The Hall–Kier alpha value is -0.0900. The predicted molar refractivity (Wildman–Crippen MR) is 58.0 cm³/mol. The second-order valence-corrected chi connectivity index (χ2v) is 4.79. The second kappa shape index (κ2) is 7.33. The van der Waals surface area contributed by atoms with Gasteiger partial charge in [-0.15, -0.1) is 12.3 Å². The van der Waals surface area contributed by atoms with E-state index in [1.165, 1.54) is 0 Å². The summed E-state index contributed by atoms with van der Waals surface area (Å²) in [6, 6.07) is 0. The molecular weight excluding hydrogens is 183 g/mol. The summed E-state index contributed by atoms with van der Waals surface area (Å²) in [7, 11) is -0.818. The molecular formula is C10H19O2P. The Balaban J connectivity index is 4.33. The molecule has 2 nitrogen and oxygen atoms in total. The average molecular weight is 208 g/mol. The number of rotatable bonds is 7. The number of aliphatic hydroxyl groups excluding tert-OH is 1. The van der Waals surface area contributed by atoms with Gasteiger partial charge in [0.05, 0.1) is 6.10 Å². The standard InChI is InChI=1S/C10H19O2P/c1-5-7-10(9(3)8-11)12-13(4)6-2/h1,9-11H,6-8H2,2-4H3/t9-,10?,13?/m0/s1/i1T,6T,11T/t6?,9-,10?,13?. The van der Waals surface area contributed by atoms with Gasteiger partial charge < -0.3 is 9.63 Å². The van der Waals surface area contributed by atoms with E-state index in [1.54, 1.807) is 6.92 Å². The number of terminal acetylenes is 1. The van der Waals surface area contributed by atoms with Crippen molar-refractivity contribution >= 4 is 8.15 Å². The molecule has 0 saturated heterocycles. The summed E-state index contributed by atoms with van der Waals surface area (Å²) >= 11 is 0. The Morgan fingerprint density at radius 2 is 2.69 bits per heavy atom. The van der Waals surface area contributed by atoms with Crippen LogP contribution in [-0.4, -0.2) is 32.1 Å². The van der Waals surface area contributed by atoms with Gasteiger partial charge in [-0.1, -0.05) is 13.8 Å². The zero-order valence-corrected chi connectivity index (χ0v) is 9.30. The van der Waals surface area contributed by atoms with E-state index in [2.05, 4.69) is 17.4 Å². The third-order valence-electron chi connectivity index (χ3n) is 1.87. The highest BCUT2D eigenvalue weighted by molar-refractivity contribution is 7.51. The lowest BCUT2D eigenvalue weighted by atomic mass is 10.0. The summed E-state index contributed by atoms with van der Waals surface area (Å²) in [6.45, 7) is 5.90. The van der Waals surface area contributed by atoms with Gasteiger partial charge in [0.1, 0.15) is 1.37 Å². The molecule has 0 amide bonds. The first-order valence-corrected chi connectivity index (χ1v) is 6.10. The van der Waals surface area contributed by atoms with Crippen molar-refractivity contribution < 1.29 is 12.4 Å². The van der Waals surface area contributed by atoms with Gasteiger partial charge in [0.25, 0.3) is 0 Å². The van der Waals surface area contributed by atoms with Crippen molar-refractivity contribution in [3.05, 3.63) is 0 Å². The van der Waals surface area contributed by atoms with Crippen LogP contribution in [0.25, 0.3) is 0 Å². The predicted octanol–water partition coefficient (Wildman–Crippen LogP) is 2.07. The van der Waals surface area contributed by atoms with Crippen LogP contribution < -0.4 is 0 Å². The van der Waals surface area contributed by atoms with Crippen LogP contribution in [0.15, 0.2) is 0 Å². The van der Waals surface area contributed by atoms with Gasteiger partial charge in [-0.3, -0.25) is 0 Å². The molecule has 0 aromatic rings. The molecule has 1 N–H and O–H groups in total. The van der Waals surface area contributed by atoms with Gasteiger partial charge in [0, 0.05) is 28.5 Å². The van der Waals surface area contributed by atoms with E-state index in [0.29, 0.717) is 6.42 Å². The van der Waals surface area contributed by atoms with Gasteiger partial charge in [-0.25, -0.2) is 0 Å². The highest BCUT2D eigenvalue weighted by atomic mass is 31.1. The minimum atomic E-state index is -0.818. The fourth-order valence-corrected chi connectivity index (χ4v) is 1.66. The van der Waals surface area contributed by atoms with Gasteiger partial charge in [0.2, 0.25) is 1.43 Å². The summed E-state index contributed by atoms with van der Waals surface area (Å²) in [6.07, 6.45) is 2.14. The van der Waals surface area contributed by atoms with E-state index in [1.807, 2.05) is 13.6 Å². The second-order valence-electron chi connectivity index (χ2n) is 2.97. The maximum absolute atomic E-state index is 7.56. The minimum absolute atomic E-state index is 0.0436. The maximum atomic E-state index is 7.56. The van der Waals surface area contributed by atoms with Crippen molar-refractivity contribution in [2.24, 2.45) is 5.92 Å². The van der Waals surface area contributed by atoms with Crippen LogP contribution in [0.1, 0.15) is 23.0 Å². The van der Waals surface area contributed by atoms with E-state index in [0.717, 1.165) is 0 Å². The summed E-state index contributed by atoms with van der Waals surface area (Å²) in [5.74, 6) is 2.70. The summed E-state index contributed by atoms with van der Waals surface area (Å²) < 4.78 is 26.8. The van der Waals surface area contributed by atoms with Crippen molar-refractivity contribution in [3.8, 4) is 12.3 Å². The normalized spacial score (nSPS) is 22.5. The van der Waals surface area contributed by atoms with Crippen molar-refractivity contribution in [1.82, 2.24) is 0 Å². The molecule has 0 bridgehead atoms. The molecule has 0 aliphatic carbocycles. The highest BCUT2D eigenvalue weighted by Crippen LogP contribution is 2.35. The molecule has 4 atom stereocenters. The van der Waals surface area contributed by atoms with Crippen LogP contribution in [-0.2, 0) is 4.52 Å². The van der Waals surface area contributed by atoms with Crippen molar-refractivity contribution in [1.29, 1.82) is 1.43 Å². The molecule has 0 aromatic carbocycles. The van der Waals surface area contributed by atoms with Crippen molar-refractivity contribution in [3.63, 3.8) is 0 Å². The molecule has 0 rings (SSSR count). The molecule has 13 heavy (non-hydrogen) atoms. The number of hydrogen-bond donors (Lipinski definition) is 1. The summed E-state index contributed by atoms with van der Waals surface area (Å²) in [5, 5.41) is 4.34. The number of aliphatic hydroxyl groups is 1. The first-order valence-electron chi connectivity index (χ1n) is 5.81. The average Bonchev–Trinajstić information content (AvgIpc) is 2.23. The third-order valence-corrected chi connectivity index (χ3v) is 3.20. The maximum Gasteiger partial charge on any atom is 0.210 e. The van der Waals surface area contributed by atoms with Gasteiger partial charge in [-0.2, -0.15) is 0 Å². The molecule has 0 aliphatic rings. The van der Waals surface area contributed by atoms with E-state index in [9.17, 15) is 0 Å². The molecule has 0 radical (unpaired) electrons. The van der Waals surface area contributed by atoms with E-state index in [-0.39, 0.29) is 24.8 Å². The lowest BCUT2D eigenvalue weighted by molar-refractivity contribution is 0.112. The highest BCUT2D eigenvalue weighted by Gasteiger charge is 2.18.